The van der Waals surface area contributed by atoms with Gasteiger partial charge in [-0.25, -0.2) is 0 Å². The lowest BCUT2D eigenvalue weighted by Gasteiger charge is -2.25. The van der Waals surface area contributed by atoms with E-state index in [0.29, 0.717) is 11.9 Å². The molecule has 1 aliphatic rings. The molecule has 1 aliphatic heterocycles. The highest BCUT2D eigenvalue weighted by atomic mass is 127. The molecule has 0 aromatic carbocycles. The number of amides is 1. The van der Waals surface area contributed by atoms with Gasteiger partial charge in [-0.15, -0.1) is 24.0 Å². The lowest BCUT2D eigenvalue weighted by Crippen LogP contribution is -2.41. The third kappa shape index (κ3) is 8.50. The van der Waals surface area contributed by atoms with E-state index in [-0.39, 0.29) is 24.0 Å². The molecule has 0 bridgehead atoms. The maximum atomic E-state index is 11.6. The number of hydrogen-bond acceptors (Lipinski definition) is 3. The van der Waals surface area contributed by atoms with Gasteiger partial charge in [-0.2, -0.15) is 0 Å². The van der Waals surface area contributed by atoms with Gasteiger partial charge >= 0.3 is 0 Å². The standard InChI is InChI=1S/C17H35N5O.HI/c1-5-18-17(20-14-15(4)21(6-2)7-3)19-11-9-13-22-12-8-10-16(22)23;/h15H,5-14H2,1-4H3,(H2,18,19,20);1H. The van der Waals surface area contributed by atoms with Crippen molar-refractivity contribution in [2.24, 2.45) is 4.99 Å². The molecule has 1 heterocycles. The molecule has 7 heteroatoms. The van der Waals surface area contributed by atoms with Crippen LogP contribution >= 0.6 is 24.0 Å². The highest BCUT2D eigenvalue weighted by Crippen LogP contribution is 2.09. The Kier molecular flexibility index (Phi) is 13.4. The van der Waals surface area contributed by atoms with Crippen LogP contribution in [0.4, 0.5) is 0 Å². The summed E-state index contributed by atoms with van der Waals surface area (Å²) >= 11 is 0. The van der Waals surface area contributed by atoms with Crippen LogP contribution in [0.1, 0.15) is 47.0 Å². The fourth-order valence-corrected chi connectivity index (χ4v) is 2.94. The Morgan fingerprint density at radius 1 is 1.29 bits per heavy atom. The number of likely N-dealkylation sites (tertiary alicyclic amines) is 1. The fraction of sp³-hybridized carbons (Fsp3) is 0.882. The fourth-order valence-electron chi connectivity index (χ4n) is 2.94. The first-order valence-corrected chi connectivity index (χ1v) is 9.16. The predicted molar refractivity (Wildman–Crippen MR) is 112 cm³/mol. The average Bonchev–Trinajstić information content (AvgIpc) is 2.95. The summed E-state index contributed by atoms with van der Waals surface area (Å²) in [4.78, 5) is 20.6. The minimum absolute atomic E-state index is 0. The Bertz CT molecular complexity index is 374. The first-order chi connectivity index (χ1) is 11.1. The lowest BCUT2D eigenvalue weighted by molar-refractivity contribution is -0.127. The number of guanidine groups is 1. The average molecular weight is 453 g/mol. The minimum Gasteiger partial charge on any atom is -0.357 e. The topological polar surface area (TPSA) is 60.0 Å². The molecule has 24 heavy (non-hydrogen) atoms. The predicted octanol–water partition coefficient (Wildman–Crippen LogP) is 1.90. The van der Waals surface area contributed by atoms with Crippen LogP contribution < -0.4 is 10.6 Å². The molecular formula is C17H36IN5O. The molecule has 0 aromatic rings. The Balaban J connectivity index is 0.00000529. The second-order valence-electron chi connectivity index (χ2n) is 6.05. The summed E-state index contributed by atoms with van der Waals surface area (Å²) in [6, 6.07) is 0.447. The van der Waals surface area contributed by atoms with Crippen LogP contribution in [0, 0.1) is 0 Å². The molecule has 0 spiro atoms. The molecule has 0 saturated carbocycles. The van der Waals surface area contributed by atoms with Gasteiger partial charge in [-0.05, 0) is 39.8 Å². The molecule has 142 valence electrons. The highest BCUT2D eigenvalue weighted by Gasteiger charge is 2.18. The Hall–Kier alpha value is -0.570. The summed E-state index contributed by atoms with van der Waals surface area (Å²) in [7, 11) is 0. The summed E-state index contributed by atoms with van der Waals surface area (Å²) in [5, 5.41) is 6.66. The smallest absolute Gasteiger partial charge is 0.222 e. The van der Waals surface area contributed by atoms with E-state index < -0.39 is 0 Å². The van der Waals surface area contributed by atoms with Gasteiger partial charge in [0.2, 0.25) is 5.91 Å². The van der Waals surface area contributed by atoms with Gasteiger partial charge in [0.15, 0.2) is 5.96 Å². The van der Waals surface area contributed by atoms with E-state index >= 15 is 0 Å². The van der Waals surface area contributed by atoms with Gasteiger partial charge < -0.3 is 15.5 Å². The molecule has 0 aliphatic carbocycles. The van der Waals surface area contributed by atoms with E-state index in [1.165, 1.54) is 0 Å². The summed E-state index contributed by atoms with van der Waals surface area (Å²) < 4.78 is 0. The van der Waals surface area contributed by atoms with Crippen LogP contribution in [0.25, 0.3) is 0 Å². The van der Waals surface area contributed by atoms with Gasteiger partial charge in [-0.3, -0.25) is 14.7 Å². The number of nitrogens with zero attached hydrogens (tertiary/aromatic N) is 3. The van der Waals surface area contributed by atoms with E-state index in [9.17, 15) is 4.79 Å². The molecular weight excluding hydrogens is 417 g/mol. The minimum atomic E-state index is 0. The molecule has 1 rings (SSSR count). The van der Waals surface area contributed by atoms with Crippen molar-refractivity contribution in [1.82, 2.24) is 20.4 Å². The zero-order chi connectivity index (χ0) is 17.1. The van der Waals surface area contributed by atoms with Gasteiger partial charge in [0.1, 0.15) is 0 Å². The van der Waals surface area contributed by atoms with Crippen molar-refractivity contribution in [2.75, 3.05) is 45.8 Å². The molecule has 1 amide bonds. The monoisotopic (exact) mass is 453 g/mol. The van der Waals surface area contributed by atoms with Gasteiger partial charge in [-0.1, -0.05) is 13.8 Å². The van der Waals surface area contributed by atoms with Crippen LogP contribution in [0.2, 0.25) is 0 Å². The molecule has 2 N–H and O–H groups in total. The number of halogens is 1. The summed E-state index contributed by atoms with van der Waals surface area (Å²) in [5.41, 5.74) is 0. The van der Waals surface area contributed by atoms with Crippen LogP contribution in [-0.4, -0.2) is 73.5 Å². The van der Waals surface area contributed by atoms with Crippen molar-refractivity contribution in [3.05, 3.63) is 0 Å². The maximum absolute atomic E-state index is 11.6. The van der Waals surface area contributed by atoms with Gasteiger partial charge in [0.05, 0.1) is 6.54 Å². The quantitative estimate of drug-likeness (QED) is 0.230. The van der Waals surface area contributed by atoms with Crippen molar-refractivity contribution in [3.63, 3.8) is 0 Å². The largest absolute Gasteiger partial charge is 0.357 e. The Labute approximate surface area is 164 Å². The normalized spacial score (nSPS) is 16.3. The molecule has 0 aromatic heterocycles. The van der Waals surface area contributed by atoms with Crippen molar-refractivity contribution < 1.29 is 4.79 Å². The molecule has 1 fully saturated rings. The second-order valence-corrected chi connectivity index (χ2v) is 6.05. The summed E-state index contributed by atoms with van der Waals surface area (Å²) in [6.45, 7) is 15.1. The Morgan fingerprint density at radius 2 is 2.00 bits per heavy atom. The van der Waals surface area contributed by atoms with Crippen LogP contribution in [-0.2, 0) is 4.79 Å². The molecule has 6 nitrogen and oxygen atoms in total. The second kappa shape index (κ2) is 13.7. The van der Waals surface area contributed by atoms with E-state index in [4.69, 9.17) is 0 Å². The first kappa shape index (κ1) is 23.4. The highest BCUT2D eigenvalue weighted by molar-refractivity contribution is 14.0. The number of hydrogen-bond donors (Lipinski definition) is 2. The number of nitrogens with one attached hydrogen (secondary N) is 2. The third-order valence-corrected chi connectivity index (χ3v) is 4.36. The van der Waals surface area contributed by atoms with Crippen molar-refractivity contribution in [3.8, 4) is 0 Å². The maximum Gasteiger partial charge on any atom is 0.222 e. The van der Waals surface area contributed by atoms with Crippen LogP contribution in [0.3, 0.4) is 0 Å². The molecule has 1 saturated heterocycles. The van der Waals surface area contributed by atoms with E-state index in [1.54, 1.807) is 0 Å². The summed E-state index contributed by atoms with van der Waals surface area (Å²) in [6.07, 6.45) is 2.70. The molecule has 1 unspecified atom stereocenters. The number of aliphatic imine (C=N–C) groups is 1. The van der Waals surface area contributed by atoms with Gasteiger partial charge in [0.25, 0.3) is 0 Å². The molecule has 0 radical (unpaired) electrons. The van der Waals surface area contributed by atoms with E-state index in [0.717, 1.165) is 71.0 Å². The number of rotatable bonds is 10. The van der Waals surface area contributed by atoms with Crippen molar-refractivity contribution >= 4 is 35.8 Å². The van der Waals surface area contributed by atoms with Crippen molar-refractivity contribution in [2.45, 2.75) is 53.0 Å². The lowest BCUT2D eigenvalue weighted by atomic mass is 10.3. The van der Waals surface area contributed by atoms with Crippen LogP contribution in [0.5, 0.6) is 0 Å². The van der Waals surface area contributed by atoms with Gasteiger partial charge in [0, 0.05) is 38.6 Å². The third-order valence-electron chi connectivity index (χ3n) is 4.36. The number of likely N-dealkylation sites (N-methyl/N-ethyl adjacent to an activating group) is 1. The summed E-state index contributed by atoms with van der Waals surface area (Å²) in [5.74, 6) is 1.18. The van der Waals surface area contributed by atoms with E-state index in [2.05, 4.69) is 48.2 Å². The number of carbonyl (C=O) groups excluding carboxylic acids is 1. The van der Waals surface area contributed by atoms with E-state index in [1.807, 2.05) is 4.90 Å². The number of carbonyl (C=O) groups is 1. The van der Waals surface area contributed by atoms with Crippen molar-refractivity contribution in [1.29, 1.82) is 0 Å². The zero-order valence-electron chi connectivity index (χ0n) is 15.8. The SMILES string of the molecule is CCNC(=NCC(C)N(CC)CC)NCCCN1CCCC1=O.I. The zero-order valence-corrected chi connectivity index (χ0v) is 18.1. The first-order valence-electron chi connectivity index (χ1n) is 9.16. The molecule has 1 atom stereocenters. The Morgan fingerprint density at radius 3 is 2.54 bits per heavy atom. The van der Waals surface area contributed by atoms with Crippen LogP contribution in [0.15, 0.2) is 4.99 Å².